The molecule has 4 aromatic rings. The molecule has 12 heteroatoms. The summed E-state index contributed by atoms with van der Waals surface area (Å²) in [7, 11) is 0. The quantitative estimate of drug-likeness (QED) is 0.251. The molecule has 2 aromatic carbocycles. The molecule has 208 valence electrons. The van der Waals surface area contributed by atoms with Gasteiger partial charge in [0.1, 0.15) is 15.9 Å². The molecule has 1 saturated carbocycles. The Labute approximate surface area is 226 Å². The maximum atomic E-state index is 13.9. The van der Waals surface area contributed by atoms with Crippen molar-refractivity contribution in [3.63, 3.8) is 0 Å². The maximum Gasteiger partial charge on any atom is 0.416 e. The molecule has 1 aliphatic heterocycles. The molecule has 2 aliphatic rings. The predicted octanol–water partition coefficient (Wildman–Crippen LogP) is 7.40. The minimum absolute atomic E-state index is 0.0239. The van der Waals surface area contributed by atoms with Gasteiger partial charge in [-0.15, -0.1) is 0 Å². The molecule has 0 unspecified atom stereocenters. The Bertz CT molecular complexity index is 1800. The van der Waals surface area contributed by atoms with Crippen molar-refractivity contribution in [2.24, 2.45) is 0 Å². The second-order valence-electron chi connectivity index (χ2n) is 9.98. The molecular formula is C28H19F6NO4S. The van der Waals surface area contributed by atoms with Crippen molar-refractivity contribution in [2.75, 3.05) is 0 Å². The first-order valence-corrected chi connectivity index (χ1v) is 13.2. The fraction of sp³-hybridized carbons (Fsp3) is 0.286. The lowest BCUT2D eigenvalue weighted by atomic mass is 9.68. The molecule has 2 aromatic heterocycles. The number of benzene rings is 2. The molecule has 3 heterocycles. The van der Waals surface area contributed by atoms with Crippen LogP contribution in [-0.4, -0.2) is 9.67 Å². The van der Waals surface area contributed by atoms with Crippen LogP contribution in [0, 0.1) is 0 Å². The Morgan fingerprint density at radius 3 is 2.23 bits per heavy atom. The van der Waals surface area contributed by atoms with Gasteiger partial charge in [0.25, 0.3) is 5.56 Å². The van der Waals surface area contributed by atoms with Gasteiger partial charge < -0.3 is 9.52 Å². The van der Waals surface area contributed by atoms with E-state index in [-0.39, 0.29) is 16.2 Å². The van der Waals surface area contributed by atoms with Gasteiger partial charge in [-0.2, -0.15) is 26.3 Å². The molecule has 0 bridgehead atoms. The topological polar surface area (TPSA) is 72.4 Å². The molecule has 0 radical (unpaired) electrons. The van der Waals surface area contributed by atoms with Crippen LogP contribution in [0.4, 0.5) is 26.3 Å². The van der Waals surface area contributed by atoms with Crippen LogP contribution >= 0.6 is 11.8 Å². The summed E-state index contributed by atoms with van der Waals surface area (Å²) in [5.41, 5.74) is -3.89. The lowest BCUT2D eigenvalue weighted by Crippen LogP contribution is -2.31. The van der Waals surface area contributed by atoms with Crippen molar-refractivity contribution in [1.29, 1.82) is 0 Å². The molecule has 0 amide bonds. The Morgan fingerprint density at radius 2 is 1.55 bits per heavy atom. The van der Waals surface area contributed by atoms with E-state index < -0.39 is 56.1 Å². The molecule has 1 N–H and O–H groups in total. The largest absolute Gasteiger partial charge is 0.505 e. The Balaban J connectivity index is 1.57. The molecule has 0 saturated heterocycles. The Hall–Kier alpha value is -3.67. The monoisotopic (exact) mass is 579 g/mol. The highest BCUT2D eigenvalue weighted by Crippen LogP contribution is 2.53. The summed E-state index contributed by atoms with van der Waals surface area (Å²) in [5, 5.41) is 10.7. The minimum Gasteiger partial charge on any atom is -0.505 e. The molecule has 1 spiro atoms. The molecule has 1 aliphatic carbocycles. The van der Waals surface area contributed by atoms with Gasteiger partial charge in [0.05, 0.1) is 16.8 Å². The lowest BCUT2D eigenvalue weighted by Gasteiger charge is -2.35. The first-order chi connectivity index (χ1) is 18.8. The lowest BCUT2D eigenvalue weighted by molar-refractivity contribution is -0.138. The highest BCUT2D eigenvalue weighted by molar-refractivity contribution is 7.99. The van der Waals surface area contributed by atoms with E-state index >= 15 is 0 Å². The smallest absolute Gasteiger partial charge is 0.416 e. The van der Waals surface area contributed by atoms with Crippen molar-refractivity contribution in [1.82, 2.24) is 4.57 Å². The summed E-state index contributed by atoms with van der Waals surface area (Å²) in [4.78, 5) is 26.3. The van der Waals surface area contributed by atoms with Crippen LogP contribution in [0.5, 0.6) is 5.75 Å². The highest BCUT2D eigenvalue weighted by atomic mass is 32.2. The molecule has 1 fully saturated rings. The number of aromatic nitrogens is 1. The van der Waals surface area contributed by atoms with Crippen LogP contribution < -0.4 is 11.2 Å². The zero-order chi connectivity index (χ0) is 28.6. The van der Waals surface area contributed by atoms with Gasteiger partial charge in [-0.3, -0.25) is 9.36 Å². The third-order valence-corrected chi connectivity index (χ3v) is 8.72. The normalized spacial score (nSPS) is 16.4. The fourth-order valence-electron chi connectivity index (χ4n) is 5.89. The van der Waals surface area contributed by atoms with Gasteiger partial charge >= 0.3 is 18.0 Å². The van der Waals surface area contributed by atoms with E-state index in [1.807, 2.05) is 0 Å². The number of alkyl halides is 6. The third-order valence-electron chi connectivity index (χ3n) is 7.67. The molecule has 0 atom stereocenters. The van der Waals surface area contributed by atoms with Gasteiger partial charge in [0.15, 0.2) is 5.75 Å². The fourth-order valence-corrected chi connectivity index (χ4v) is 6.78. The second kappa shape index (κ2) is 8.92. The third kappa shape index (κ3) is 4.03. The van der Waals surface area contributed by atoms with Crippen LogP contribution in [0.3, 0.4) is 0 Å². The van der Waals surface area contributed by atoms with Crippen LogP contribution in [0.1, 0.15) is 54.5 Å². The molecule has 40 heavy (non-hydrogen) atoms. The number of rotatable bonds is 2. The van der Waals surface area contributed by atoms with Crippen LogP contribution in [0.25, 0.3) is 16.7 Å². The molecule has 5 nitrogen and oxygen atoms in total. The van der Waals surface area contributed by atoms with Crippen molar-refractivity contribution >= 4 is 22.7 Å². The number of halogens is 6. The number of fused-ring (bicyclic) bond motifs is 6. The van der Waals surface area contributed by atoms with E-state index in [0.29, 0.717) is 48.7 Å². The first-order valence-electron chi connectivity index (χ1n) is 12.3. The summed E-state index contributed by atoms with van der Waals surface area (Å²) >= 11 is 0.510. The Kier molecular flexibility index (Phi) is 5.92. The van der Waals surface area contributed by atoms with Crippen molar-refractivity contribution in [2.45, 2.75) is 59.7 Å². The number of hydrogen-bond acceptors (Lipinski definition) is 5. The predicted molar refractivity (Wildman–Crippen MR) is 134 cm³/mol. The van der Waals surface area contributed by atoms with Gasteiger partial charge in [-0.25, -0.2) is 4.79 Å². The number of aromatic hydroxyl groups is 1. The summed E-state index contributed by atoms with van der Waals surface area (Å²) in [5.74, 6) is -0.771. The second-order valence-corrected chi connectivity index (χ2v) is 11.1. The van der Waals surface area contributed by atoms with Crippen LogP contribution in [0.2, 0.25) is 0 Å². The van der Waals surface area contributed by atoms with Gasteiger partial charge in [-0.1, -0.05) is 37.1 Å². The average Bonchev–Trinajstić information content (AvgIpc) is 3.14. The average molecular weight is 580 g/mol. The van der Waals surface area contributed by atoms with E-state index in [1.165, 1.54) is 22.8 Å². The van der Waals surface area contributed by atoms with Crippen LogP contribution in [-0.2, 0) is 17.8 Å². The van der Waals surface area contributed by atoms with Crippen molar-refractivity contribution in [3.05, 3.63) is 91.7 Å². The van der Waals surface area contributed by atoms with Gasteiger partial charge in [0.2, 0.25) is 0 Å². The van der Waals surface area contributed by atoms with Gasteiger partial charge in [0, 0.05) is 22.1 Å². The SMILES string of the molecule is O=c1oc2cc3n(c(=O)c2c(O)c1Sc1cccc(C(F)(F)F)c1)-c1ccc(C(F)(F)F)cc1C31CCCCC1. The van der Waals surface area contributed by atoms with E-state index in [1.54, 1.807) is 0 Å². The zero-order valence-electron chi connectivity index (χ0n) is 20.4. The standard InChI is InChI=1S/C28H19F6NO4S/c29-27(30,31)14-5-4-6-16(11-14)40-23-22(36)21-19(39-25(23)38)13-20-26(9-2-1-3-10-26)17-12-15(28(32,33)34)7-8-18(17)35(20)24(21)37/h4-8,11-13,36H,1-3,9-10H2. The maximum absolute atomic E-state index is 13.9. The van der Waals surface area contributed by atoms with Gasteiger partial charge in [-0.05, 0) is 54.8 Å². The summed E-state index contributed by atoms with van der Waals surface area (Å²) < 4.78 is 87.1. The summed E-state index contributed by atoms with van der Waals surface area (Å²) in [6, 6.07) is 8.68. The Morgan fingerprint density at radius 1 is 0.875 bits per heavy atom. The van der Waals surface area contributed by atoms with Crippen molar-refractivity contribution < 1.29 is 35.9 Å². The highest BCUT2D eigenvalue weighted by Gasteiger charge is 2.47. The van der Waals surface area contributed by atoms with Crippen LogP contribution in [0.15, 0.2) is 72.3 Å². The number of hydrogen-bond donors (Lipinski definition) is 1. The van der Waals surface area contributed by atoms with E-state index in [0.717, 1.165) is 36.8 Å². The minimum atomic E-state index is -4.64. The van der Waals surface area contributed by atoms with E-state index in [9.17, 15) is 41.0 Å². The number of nitrogens with zero attached hydrogens (tertiary/aromatic N) is 1. The number of pyridine rings is 1. The van der Waals surface area contributed by atoms with Crippen molar-refractivity contribution in [3.8, 4) is 11.4 Å². The zero-order valence-corrected chi connectivity index (χ0v) is 21.3. The summed E-state index contributed by atoms with van der Waals surface area (Å²) in [6.07, 6.45) is -5.98. The summed E-state index contributed by atoms with van der Waals surface area (Å²) in [6.45, 7) is 0. The first kappa shape index (κ1) is 26.5. The molecule has 6 rings (SSSR count). The van der Waals surface area contributed by atoms with E-state index in [2.05, 4.69) is 0 Å². The van der Waals surface area contributed by atoms with E-state index in [4.69, 9.17) is 4.42 Å². The molecular weight excluding hydrogens is 560 g/mol.